The summed E-state index contributed by atoms with van der Waals surface area (Å²) in [6, 6.07) is 7.75. The summed E-state index contributed by atoms with van der Waals surface area (Å²) in [6.07, 6.45) is -1.04. The van der Waals surface area contributed by atoms with E-state index in [2.05, 4.69) is 26.2 Å². The molecule has 0 aliphatic rings. The van der Waals surface area contributed by atoms with Crippen LogP contribution in [-0.4, -0.2) is 22.1 Å². The number of anilines is 1. The summed E-state index contributed by atoms with van der Waals surface area (Å²) in [7, 11) is 0. The van der Waals surface area contributed by atoms with Gasteiger partial charge in [-0.2, -0.15) is 0 Å². The molecule has 4 nitrogen and oxygen atoms in total. The van der Waals surface area contributed by atoms with E-state index in [1.807, 2.05) is 29.6 Å². The fourth-order valence-electron chi connectivity index (χ4n) is 1.29. The van der Waals surface area contributed by atoms with E-state index >= 15 is 0 Å². The second-order valence-electron chi connectivity index (χ2n) is 3.71. The standard InChI is InChI=1S/C12H11BrN2O2S/c1-7(16)11(17)15-12-14-10(6-18-12)8-2-4-9(13)5-3-8/h2-7,16H,1H3,(H,14,15,17). The molecule has 0 saturated carbocycles. The number of hydrogen-bond acceptors (Lipinski definition) is 4. The van der Waals surface area contributed by atoms with Crippen LogP contribution < -0.4 is 5.32 Å². The van der Waals surface area contributed by atoms with Gasteiger partial charge in [-0.25, -0.2) is 4.98 Å². The van der Waals surface area contributed by atoms with Gasteiger partial charge in [0.2, 0.25) is 0 Å². The molecule has 0 radical (unpaired) electrons. The van der Waals surface area contributed by atoms with Crippen LogP contribution >= 0.6 is 27.3 Å². The maximum Gasteiger partial charge on any atom is 0.254 e. The first-order valence-corrected chi connectivity index (χ1v) is 6.94. The highest BCUT2D eigenvalue weighted by molar-refractivity contribution is 9.10. The van der Waals surface area contributed by atoms with E-state index in [0.29, 0.717) is 5.13 Å². The molecule has 2 N–H and O–H groups in total. The molecule has 0 aliphatic heterocycles. The Labute approximate surface area is 117 Å². The average Bonchev–Trinajstić information content (AvgIpc) is 2.78. The molecule has 0 bridgehead atoms. The quantitative estimate of drug-likeness (QED) is 0.911. The molecule has 0 fully saturated rings. The minimum absolute atomic E-state index is 0.452. The molecule has 0 aliphatic carbocycles. The number of rotatable bonds is 3. The molecule has 2 aromatic rings. The predicted octanol–water partition coefficient (Wildman–Crippen LogP) is 2.89. The minimum Gasteiger partial charge on any atom is -0.384 e. The number of hydrogen-bond donors (Lipinski definition) is 2. The van der Waals surface area contributed by atoms with Crippen LogP contribution in [0.4, 0.5) is 5.13 Å². The summed E-state index contributed by atoms with van der Waals surface area (Å²) in [6.45, 7) is 1.42. The van der Waals surface area contributed by atoms with Crippen molar-refractivity contribution in [1.82, 2.24) is 4.98 Å². The first-order chi connectivity index (χ1) is 8.56. The van der Waals surface area contributed by atoms with Crippen LogP contribution in [0.25, 0.3) is 11.3 Å². The zero-order valence-corrected chi connectivity index (χ0v) is 12.0. The summed E-state index contributed by atoms with van der Waals surface area (Å²) in [5, 5.41) is 14.0. The molecule has 2 rings (SSSR count). The van der Waals surface area contributed by atoms with Gasteiger partial charge >= 0.3 is 0 Å². The molecule has 1 amide bonds. The van der Waals surface area contributed by atoms with Gasteiger partial charge in [-0.05, 0) is 19.1 Å². The monoisotopic (exact) mass is 326 g/mol. The SMILES string of the molecule is CC(O)C(=O)Nc1nc(-c2ccc(Br)cc2)cs1. The highest BCUT2D eigenvalue weighted by atomic mass is 79.9. The number of benzene rings is 1. The summed E-state index contributed by atoms with van der Waals surface area (Å²) >= 11 is 4.70. The van der Waals surface area contributed by atoms with E-state index < -0.39 is 12.0 Å². The summed E-state index contributed by atoms with van der Waals surface area (Å²) < 4.78 is 1.00. The Bertz CT molecular complexity index is 551. The molecule has 18 heavy (non-hydrogen) atoms. The molecule has 1 heterocycles. The summed E-state index contributed by atoms with van der Waals surface area (Å²) in [5.74, 6) is -0.452. The lowest BCUT2D eigenvalue weighted by Gasteiger charge is -2.02. The van der Waals surface area contributed by atoms with Crippen molar-refractivity contribution in [2.75, 3.05) is 5.32 Å². The second kappa shape index (κ2) is 5.60. The van der Waals surface area contributed by atoms with Gasteiger partial charge in [0.25, 0.3) is 5.91 Å². The normalized spacial score (nSPS) is 12.2. The Morgan fingerprint density at radius 1 is 1.44 bits per heavy atom. The maximum absolute atomic E-state index is 11.3. The van der Waals surface area contributed by atoms with Crippen LogP contribution in [0.1, 0.15) is 6.92 Å². The zero-order chi connectivity index (χ0) is 13.1. The number of nitrogens with one attached hydrogen (secondary N) is 1. The van der Waals surface area contributed by atoms with Crippen LogP contribution in [-0.2, 0) is 4.79 Å². The molecule has 0 spiro atoms. The molecule has 1 unspecified atom stereocenters. The largest absolute Gasteiger partial charge is 0.384 e. The Kier molecular flexibility index (Phi) is 4.11. The average molecular weight is 327 g/mol. The molecule has 1 aromatic heterocycles. The highest BCUT2D eigenvalue weighted by Crippen LogP contribution is 2.26. The first kappa shape index (κ1) is 13.2. The fourth-order valence-corrected chi connectivity index (χ4v) is 2.28. The lowest BCUT2D eigenvalue weighted by molar-refractivity contribution is -0.123. The molecular weight excluding hydrogens is 316 g/mol. The molecular formula is C12H11BrN2O2S. The summed E-state index contributed by atoms with van der Waals surface area (Å²) in [4.78, 5) is 15.6. The smallest absolute Gasteiger partial charge is 0.254 e. The number of aliphatic hydroxyl groups excluding tert-OH is 1. The number of aromatic nitrogens is 1. The third kappa shape index (κ3) is 3.16. The minimum atomic E-state index is -1.04. The number of halogens is 1. The van der Waals surface area contributed by atoms with Crippen molar-refractivity contribution in [2.24, 2.45) is 0 Å². The zero-order valence-electron chi connectivity index (χ0n) is 9.55. The van der Waals surface area contributed by atoms with Crippen molar-refractivity contribution < 1.29 is 9.90 Å². The van der Waals surface area contributed by atoms with Gasteiger partial charge in [0.15, 0.2) is 5.13 Å². The van der Waals surface area contributed by atoms with Gasteiger partial charge in [0.05, 0.1) is 5.69 Å². The molecule has 1 aromatic carbocycles. The van der Waals surface area contributed by atoms with Crippen molar-refractivity contribution in [3.05, 3.63) is 34.1 Å². The van der Waals surface area contributed by atoms with Gasteiger partial charge in [0.1, 0.15) is 6.10 Å². The predicted molar refractivity (Wildman–Crippen MR) is 75.6 cm³/mol. The van der Waals surface area contributed by atoms with Crippen molar-refractivity contribution in [3.63, 3.8) is 0 Å². The topological polar surface area (TPSA) is 62.2 Å². The lowest BCUT2D eigenvalue weighted by Crippen LogP contribution is -2.24. The van der Waals surface area contributed by atoms with Crippen LogP contribution in [0.5, 0.6) is 0 Å². The molecule has 6 heteroatoms. The number of thiazole rings is 1. The molecule has 1 atom stereocenters. The van der Waals surface area contributed by atoms with E-state index in [9.17, 15) is 4.79 Å². The fraction of sp³-hybridized carbons (Fsp3) is 0.167. The summed E-state index contributed by atoms with van der Waals surface area (Å²) in [5.41, 5.74) is 1.78. The first-order valence-electron chi connectivity index (χ1n) is 5.26. The van der Waals surface area contributed by atoms with Gasteiger partial charge in [0, 0.05) is 15.4 Å². The van der Waals surface area contributed by atoms with Gasteiger partial charge in [-0.3, -0.25) is 10.1 Å². The second-order valence-corrected chi connectivity index (χ2v) is 5.48. The number of amides is 1. The van der Waals surface area contributed by atoms with Crippen LogP contribution in [0.15, 0.2) is 34.1 Å². The molecule has 94 valence electrons. The van der Waals surface area contributed by atoms with E-state index in [0.717, 1.165) is 15.7 Å². The number of aliphatic hydroxyl groups is 1. The number of carbonyl (C=O) groups excluding carboxylic acids is 1. The third-order valence-corrected chi connectivity index (χ3v) is 3.54. The number of carbonyl (C=O) groups is 1. The van der Waals surface area contributed by atoms with Gasteiger partial charge in [-0.1, -0.05) is 28.1 Å². The van der Waals surface area contributed by atoms with E-state index in [1.54, 1.807) is 0 Å². The van der Waals surface area contributed by atoms with Crippen LogP contribution in [0, 0.1) is 0 Å². The van der Waals surface area contributed by atoms with E-state index in [1.165, 1.54) is 18.3 Å². The van der Waals surface area contributed by atoms with Crippen molar-refractivity contribution >= 4 is 38.3 Å². The van der Waals surface area contributed by atoms with Gasteiger partial charge in [-0.15, -0.1) is 11.3 Å². The Morgan fingerprint density at radius 3 is 2.72 bits per heavy atom. The Morgan fingerprint density at radius 2 is 2.11 bits per heavy atom. The van der Waals surface area contributed by atoms with Crippen LogP contribution in [0.2, 0.25) is 0 Å². The van der Waals surface area contributed by atoms with Crippen molar-refractivity contribution in [1.29, 1.82) is 0 Å². The third-order valence-electron chi connectivity index (χ3n) is 2.25. The molecule has 0 saturated heterocycles. The Balaban J connectivity index is 2.15. The number of nitrogens with zero attached hydrogens (tertiary/aromatic N) is 1. The van der Waals surface area contributed by atoms with Crippen molar-refractivity contribution in [3.8, 4) is 11.3 Å². The Hall–Kier alpha value is -1.24. The van der Waals surface area contributed by atoms with E-state index in [-0.39, 0.29) is 0 Å². The van der Waals surface area contributed by atoms with Crippen LogP contribution in [0.3, 0.4) is 0 Å². The van der Waals surface area contributed by atoms with E-state index in [4.69, 9.17) is 5.11 Å². The lowest BCUT2D eigenvalue weighted by atomic mass is 10.2. The highest BCUT2D eigenvalue weighted by Gasteiger charge is 2.11. The van der Waals surface area contributed by atoms with Gasteiger partial charge < -0.3 is 5.11 Å². The van der Waals surface area contributed by atoms with Crippen molar-refractivity contribution in [2.45, 2.75) is 13.0 Å². The maximum atomic E-state index is 11.3.